The second-order valence-corrected chi connectivity index (χ2v) is 5.97. The van der Waals surface area contributed by atoms with Crippen LogP contribution in [-0.2, 0) is 16.6 Å². The molecule has 0 aliphatic carbocycles. The Labute approximate surface area is 130 Å². The standard InChI is InChI=1S/C15H24N4O3/c1-11-10-12(18(2)17-11)13(20)19-7-4-15(5-8-19,14(16)21)6-9-22-3/h10H,4-9H2,1-3H3,(H2,16,21). The second-order valence-electron chi connectivity index (χ2n) is 5.97. The van der Waals surface area contributed by atoms with Crippen molar-refractivity contribution >= 4 is 11.8 Å². The van der Waals surface area contributed by atoms with Crippen LogP contribution in [0.1, 0.15) is 35.4 Å². The van der Waals surface area contributed by atoms with E-state index in [-0.39, 0.29) is 11.8 Å². The summed E-state index contributed by atoms with van der Waals surface area (Å²) in [6.07, 6.45) is 1.76. The molecule has 7 heteroatoms. The van der Waals surface area contributed by atoms with Crippen molar-refractivity contribution in [3.05, 3.63) is 17.5 Å². The number of nitrogens with zero attached hydrogens (tertiary/aromatic N) is 3. The summed E-state index contributed by atoms with van der Waals surface area (Å²) in [6, 6.07) is 1.78. The number of aryl methyl sites for hydroxylation is 2. The molecule has 1 aromatic rings. The van der Waals surface area contributed by atoms with Crippen LogP contribution in [0.15, 0.2) is 6.07 Å². The number of nitrogens with two attached hydrogens (primary N) is 1. The Morgan fingerprint density at radius 2 is 2.05 bits per heavy atom. The first-order valence-electron chi connectivity index (χ1n) is 7.48. The number of carbonyl (C=O) groups excluding carboxylic acids is 2. The lowest BCUT2D eigenvalue weighted by atomic mass is 9.75. The number of amides is 2. The van der Waals surface area contributed by atoms with E-state index in [1.807, 2.05) is 6.92 Å². The van der Waals surface area contributed by atoms with Gasteiger partial charge in [0, 0.05) is 33.9 Å². The fraction of sp³-hybridized carbons (Fsp3) is 0.667. The maximum atomic E-state index is 12.6. The lowest BCUT2D eigenvalue weighted by Crippen LogP contribution is -2.49. The number of piperidine rings is 1. The smallest absolute Gasteiger partial charge is 0.272 e. The van der Waals surface area contributed by atoms with Crippen LogP contribution in [0.4, 0.5) is 0 Å². The molecule has 1 fully saturated rings. The van der Waals surface area contributed by atoms with Gasteiger partial charge in [-0.3, -0.25) is 14.3 Å². The highest BCUT2D eigenvalue weighted by Crippen LogP contribution is 2.35. The molecule has 1 aliphatic heterocycles. The van der Waals surface area contributed by atoms with Crippen molar-refractivity contribution in [3.8, 4) is 0 Å². The van der Waals surface area contributed by atoms with Crippen molar-refractivity contribution in [1.29, 1.82) is 0 Å². The topological polar surface area (TPSA) is 90.4 Å². The summed E-state index contributed by atoms with van der Waals surface area (Å²) >= 11 is 0. The average molecular weight is 308 g/mol. The largest absolute Gasteiger partial charge is 0.385 e. The van der Waals surface area contributed by atoms with E-state index in [2.05, 4.69) is 5.10 Å². The second kappa shape index (κ2) is 6.48. The average Bonchev–Trinajstić information content (AvgIpc) is 2.83. The quantitative estimate of drug-likeness (QED) is 0.856. The van der Waals surface area contributed by atoms with Crippen LogP contribution < -0.4 is 5.73 Å². The normalized spacial score (nSPS) is 17.5. The Morgan fingerprint density at radius 1 is 1.41 bits per heavy atom. The summed E-state index contributed by atoms with van der Waals surface area (Å²) in [5, 5.41) is 4.20. The molecular formula is C15H24N4O3. The number of primary amides is 1. The van der Waals surface area contributed by atoms with Crippen LogP contribution in [0, 0.1) is 12.3 Å². The SMILES string of the molecule is COCCC1(C(N)=O)CCN(C(=O)c2cc(C)nn2C)CC1. The number of likely N-dealkylation sites (tertiary alicyclic amines) is 1. The van der Waals surface area contributed by atoms with Gasteiger partial charge in [0.2, 0.25) is 5.91 Å². The summed E-state index contributed by atoms with van der Waals surface area (Å²) < 4.78 is 6.68. The van der Waals surface area contributed by atoms with E-state index in [9.17, 15) is 9.59 Å². The van der Waals surface area contributed by atoms with E-state index >= 15 is 0 Å². The maximum absolute atomic E-state index is 12.6. The first kappa shape index (κ1) is 16.5. The predicted octanol–water partition coefficient (Wildman–Crippen LogP) is 0.473. The molecule has 2 N–H and O–H groups in total. The zero-order valence-corrected chi connectivity index (χ0v) is 13.5. The monoisotopic (exact) mass is 308 g/mol. The highest BCUT2D eigenvalue weighted by Gasteiger charge is 2.40. The van der Waals surface area contributed by atoms with E-state index in [1.54, 1.807) is 29.8 Å². The van der Waals surface area contributed by atoms with Gasteiger partial charge in [-0.05, 0) is 32.3 Å². The third-order valence-corrected chi connectivity index (χ3v) is 4.54. The fourth-order valence-corrected chi connectivity index (χ4v) is 3.03. The first-order chi connectivity index (χ1) is 10.4. The number of hydrogen-bond donors (Lipinski definition) is 1. The van der Waals surface area contributed by atoms with Crippen LogP contribution in [0.5, 0.6) is 0 Å². The highest BCUT2D eigenvalue weighted by atomic mass is 16.5. The molecule has 2 rings (SSSR count). The molecule has 0 unspecified atom stereocenters. The molecule has 2 heterocycles. The summed E-state index contributed by atoms with van der Waals surface area (Å²) in [4.78, 5) is 26.2. The van der Waals surface area contributed by atoms with Gasteiger partial charge >= 0.3 is 0 Å². The molecule has 1 saturated heterocycles. The zero-order chi connectivity index (χ0) is 16.3. The van der Waals surface area contributed by atoms with E-state index in [0.29, 0.717) is 44.7 Å². The number of ether oxygens (including phenoxy) is 1. The molecule has 0 aromatic carbocycles. The van der Waals surface area contributed by atoms with E-state index in [0.717, 1.165) is 5.69 Å². The van der Waals surface area contributed by atoms with Gasteiger partial charge in [0.15, 0.2) is 0 Å². The van der Waals surface area contributed by atoms with Crippen molar-refractivity contribution in [2.45, 2.75) is 26.2 Å². The molecule has 22 heavy (non-hydrogen) atoms. The van der Waals surface area contributed by atoms with Crippen molar-refractivity contribution in [2.75, 3.05) is 26.8 Å². The minimum Gasteiger partial charge on any atom is -0.385 e. The van der Waals surface area contributed by atoms with E-state index < -0.39 is 5.41 Å². The number of rotatable bonds is 5. The summed E-state index contributed by atoms with van der Waals surface area (Å²) in [5.41, 5.74) is 6.42. The Balaban J connectivity index is 2.06. The lowest BCUT2D eigenvalue weighted by Gasteiger charge is -2.39. The Bertz CT molecular complexity index is 559. The summed E-state index contributed by atoms with van der Waals surface area (Å²) in [7, 11) is 3.37. The molecule has 0 atom stereocenters. The van der Waals surface area contributed by atoms with Gasteiger partial charge in [0.05, 0.1) is 11.1 Å². The number of hydrogen-bond acceptors (Lipinski definition) is 4. The predicted molar refractivity (Wildman–Crippen MR) is 81.2 cm³/mol. The fourth-order valence-electron chi connectivity index (χ4n) is 3.03. The summed E-state index contributed by atoms with van der Waals surface area (Å²) in [6.45, 7) is 3.40. The number of carbonyl (C=O) groups is 2. The molecule has 0 radical (unpaired) electrons. The Morgan fingerprint density at radius 3 is 2.50 bits per heavy atom. The van der Waals surface area contributed by atoms with Crippen molar-refractivity contribution in [2.24, 2.45) is 18.2 Å². The van der Waals surface area contributed by atoms with Crippen molar-refractivity contribution < 1.29 is 14.3 Å². The molecule has 0 saturated carbocycles. The van der Waals surface area contributed by atoms with Gasteiger partial charge in [-0.1, -0.05) is 0 Å². The van der Waals surface area contributed by atoms with E-state index in [1.165, 1.54) is 0 Å². The molecule has 1 aromatic heterocycles. The van der Waals surface area contributed by atoms with Gasteiger partial charge in [-0.15, -0.1) is 0 Å². The third kappa shape index (κ3) is 3.14. The van der Waals surface area contributed by atoms with Crippen LogP contribution >= 0.6 is 0 Å². The summed E-state index contributed by atoms with van der Waals surface area (Å²) in [5.74, 6) is -0.346. The van der Waals surface area contributed by atoms with Gasteiger partial charge in [0.25, 0.3) is 5.91 Å². The van der Waals surface area contributed by atoms with Gasteiger partial charge in [0.1, 0.15) is 5.69 Å². The van der Waals surface area contributed by atoms with Crippen LogP contribution in [0.25, 0.3) is 0 Å². The Hall–Kier alpha value is -1.89. The molecule has 0 spiro atoms. The van der Waals surface area contributed by atoms with E-state index in [4.69, 9.17) is 10.5 Å². The molecule has 122 valence electrons. The molecule has 1 aliphatic rings. The lowest BCUT2D eigenvalue weighted by molar-refractivity contribution is -0.131. The number of methoxy groups -OCH3 is 1. The maximum Gasteiger partial charge on any atom is 0.272 e. The van der Waals surface area contributed by atoms with Crippen molar-refractivity contribution in [1.82, 2.24) is 14.7 Å². The van der Waals surface area contributed by atoms with Crippen LogP contribution in [0.2, 0.25) is 0 Å². The minimum absolute atomic E-state index is 0.0482. The highest BCUT2D eigenvalue weighted by molar-refractivity contribution is 5.93. The molecule has 0 bridgehead atoms. The molecule has 7 nitrogen and oxygen atoms in total. The minimum atomic E-state index is -0.560. The van der Waals surface area contributed by atoms with Crippen molar-refractivity contribution in [3.63, 3.8) is 0 Å². The van der Waals surface area contributed by atoms with Gasteiger partial charge in [-0.2, -0.15) is 5.10 Å². The van der Waals surface area contributed by atoms with Crippen LogP contribution in [-0.4, -0.2) is 53.3 Å². The molecule has 2 amide bonds. The molecular weight excluding hydrogens is 284 g/mol. The van der Waals surface area contributed by atoms with Gasteiger partial charge in [-0.25, -0.2) is 0 Å². The first-order valence-corrected chi connectivity index (χ1v) is 7.48. The number of aromatic nitrogens is 2. The van der Waals surface area contributed by atoms with Crippen LogP contribution in [0.3, 0.4) is 0 Å². The third-order valence-electron chi connectivity index (χ3n) is 4.54. The van der Waals surface area contributed by atoms with Gasteiger partial charge < -0.3 is 15.4 Å². The zero-order valence-electron chi connectivity index (χ0n) is 13.5. The Kier molecular flexibility index (Phi) is 4.85.